The number of piperazine rings is 1. The van der Waals surface area contributed by atoms with E-state index in [9.17, 15) is 14.0 Å². The molecule has 0 bridgehead atoms. The molecule has 2 aliphatic heterocycles. The fourth-order valence-corrected chi connectivity index (χ4v) is 4.68. The maximum absolute atomic E-state index is 14.4. The third kappa shape index (κ3) is 4.26. The third-order valence-corrected chi connectivity index (χ3v) is 6.76. The van der Waals surface area contributed by atoms with Gasteiger partial charge in [0, 0.05) is 44.5 Å². The topological polar surface area (TPSA) is 56.8 Å². The highest BCUT2D eigenvalue weighted by molar-refractivity contribution is 5.94. The number of benzene rings is 1. The first kappa shape index (κ1) is 22.4. The number of pyridine rings is 1. The lowest BCUT2D eigenvalue weighted by Gasteiger charge is -2.34. The number of nitrogens with zero attached hydrogens (tertiary/aromatic N) is 4. The molecule has 2 aliphatic rings. The minimum atomic E-state index is -0.981. The predicted molar refractivity (Wildman–Crippen MR) is 121 cm³/mol. The molecular weight excluding hydrogens is 407 g/mol. The Labute approximate surface area is 189 Å². The van der Waals surface area contributed by atoms with Crippen molar-refractivity contribution < 1.29 is 14.0 Å². The molecular formula is C25H31FN4O2. The molecule has 0 spiro atoms. The van der Waals surface area contributed by atoms with Crippen LogP contribution >= 0.6 is 0 Å². The molecule has 3 heterocycles. The van der Waals surface area contributed by atoms with Crippen LogP contribution in [0.25, 0.3) is 0 Å². The van der Waals surface area contributed by atoms with E-state index in [1.165, 1.54) is 6.07 Å². The summed E-state index contributed by atoms with van der Waals surface area (Å²) >= 11 is 0. The van der Waals surface area contributed by atoms with Gasteiger partial charge in [0.2, 0.25) is 5.91 Å². The number of hydrogen-bond acceptors (Lipinski definition) is 4. The first-order valence-electron chi connectivity index (χ1n) is 11.3. The summed E-state index contributed by atoms with van der Waals surface area (Å²) in [6.45, 7) is 7.33. The Morgan fingerprint density at radius 1 is 1.03 bits per heavy atom. The second kappa shape index (κ2) is 8.98. The molecule has 4 rings (SSSR count). The summed E-state index contributed by atoms with van der Waals surface area (Å²) in [6, 6.07) is 9.96. The standard InChI is InChI=1S/C25H31FN4O2/c1-25(2,19-7-4-5-8-20(19)26)24(32)30-12-6-9-22(30)21-11-10-18(17-27-21)23(31)29-15-13-28(3)14-16-29/h4-5,7-8,10-11,17,22H,6,9,12-16H2,1-3H3. The summed E-state index contributed by atoms with van der Waals surface area (Å²) in [7, 11) is 2.06. The summed E-state index contributed by atoms with van der Waals surface area (Å²) in [4.78, 5) is 36.7. The summed E-state index contributed by atoms with van der Waals surface area (Å²) < 4.78 is 14.4. The van der Waals surface area contributed by atoms with Crippen molar-refractivity contribution >= 4 is 11.8 Å². The average Bonchev–Trinajstić information content (AvgIpc) is 3.28. The molecule has 32 heavy (non-hydrogen) atoms. The Balaban J connectivity index is 1.50. The maximum Gasteiger partial charge on any atom is 0.255 e. The van der Waals surface area contributed by atoms with Gasteiger partial charge >= 0.3 is 0 Å². The first-order chi connectivity index (χ1) is 15.3. The Morgan fingerprint density at radius 3 is 2.41 bits per heavy atom. The van der Waals surface area contributed by atoms with Crippen molar-refractivity contribution in [2.45, 2.75) is 38.1 Å². The maximum atomic E-state index is 14.4. The summed E-state index contributed by atoms with van der Waals surface area (Å²) in [5, 5.41) is 0. The van der Waals surface area contributed by atoms with Crippen molar-refractivity contribution in [2.24, 2.45) is 0 Å². The average molecular weight is 439 g/mol. The van der Waals surface area contributed by atoms with E-state index in [1.807, 2.05) is 21.9 Å². The Bertz CT molecular complexity index is 984. The van der Waals surface area contributed by atoms with E-state index in [4.69, 9.17) is 0 Å². The molecule has 2 aromatic rings. The van der Waals surface area contributed by atoms with Crippen LogP contribution in [0.15, 0.2) is 42.6 Å². The van der Waals surface area contributed by atoms with Crippen LogP contribution in [0.3, 0.4) is 0 Å². The van der Waals surface area contributed by atoms with E-state index in [-0.39, 0.29) is 23.7 Å². The Kier molecular flexibility index (Phi) is 6.29. The lowest BCUT2D eigenvalue weighted by molar-refractivity contribution is -0.137. The van der Waals surface area contributed by atoms with Crippen LogP contribution in [-0.4, -0.2) is 71.3 Å². The fraction of sp³-hybridized carbons (Fsp3) is 0.480. The van der Waals surface area contributed by atoms with Crippen LogP contribution < -0.4 is 0 Å². The second-order valence-corrected chi connectivity index (χ2v) is 9.33. The van der Waals surface area contributed by atoms with Gasteiger partial charge < -0.3 is 14.7 Å². The Morgan fingerprint density at radius 2 is 1.75 bits per heavy atom. The van der Waals surface area contributed by atoms with Crippen LogP contribution in [0.1, 0.15) is 54.3 Å². The summed E-state index contributed by atoms with van der Waals surface area (Å²) in [6.07, 6.45) is 3.30. The van der Waals surface area contributed by atoms with Crippen molar-refractivity contribution in [2.75, 3.05) is 39.8 Å². The van der Waals surface area contributed by atoms with Crippen LogP contribution in [-0.2, 0) is 10.2 Å². The van der Waals surface area contributed by atoms with Gasteiger partial charge in [0.1, 0.15) is 5.82 Å². The van der Waals surface area contributed by atoms with Crippen molar-refractivity contribution in [1.82, 2.24) is 19.7 Å². The molecule has 0 saturated carbocycles. The first-order valence-corrected chi connectivity index (χ1v) is 11.3. The van der Waals surface area contributed by atoms with Crippen LogP contribution in [0, 0.1) is 5.82 Å². The molecule has 2 amide bonds. The van der Waals surface area contributed by atoms with E-state index >= 15 is 0 Å². The van der Waals surface area contributed by atoms with Gasteiger partial charge in [0.25, 0.3) is 5.91 Å². The Hall–Kier alpha value is -2.80. The highest BCUT2D eigenvalue weighted by atomic mass is 19.1. The molecule has 2 fully saturated rings. The number of amides is 2. The number of aromatic nitrogens is 1. The van der Waals surface area contributed by atoms with Gasteiger partial charge in [-0.25, -0.2) is 4.39 Å². The minimum absolute atomic E-state index is 0.00260. The number of carbonyl (C=O) groups is 2. The molecule has 1 atom stereocenters. The van der Waals surface area contributed by atoms with Gasteiger partial charge in [-0.2, -0.15) is 0 Å². The molecule has 1 unspecified atom stereocenters. The van der Waals surface area contributed by atoms with E-state index in [2.05, 4.69) is 16.9 Å². The van der Waals surface area contributed by atoms with E-state index < -0.39 is 5.41 Å². The molecule has 6 nitrogen and oxygen atoms in total. The molecule has 170 valence electrons. The number of rotatable bonds is 4. The number of carbonyl (C=O) groups excluding carboxylic acids is 2. The van der Waals surface area contributed by atoms with Gasteiger partial charge in [-0.1, -0.05) is 18.2 Å². The smallest absolute Gasteiger partial charge is 0.255 e. The zero-order chi connectivity index (χ0) is 22.9. The monoisotopic (exact) mass is 438 g/mol. The lowest BCUT2D eigenvalue weighted by Crippen LogP contribution is -2.47. The molecule has 0 radical (unpaired) electrons. The normalized spacial score (nSPS) is 19.9. The van der Waals surface area contributed by atoms with Gasteiger partial charge in [-0.3, -0.25) is 14.6 Å². The molecule has 7 heteroatoms. The van der Waals surface area contributed by atoms with Crippen molar-refractivity contribution in [1.29, 1.82) is 0 Å². The van der Waals surface area contributed by atoms with Gasteiger partial charge in [0.15, 0.2) is 0 Å². The van der Waals surface area contributed by atoms with Gasteiger partial charge in [0.05, 0.1) is 22.7 Å². The number of likely N-dealkylation sites (N-methyl/N-ethyl adjacent to an activating group) is 1. The van der Waals surface area contributed by atoms with Gasteiger partial charge in [-0.05, 0) is 51.9 Å². The van der Waals surface area contributed by atoms with Crippen LogP contribution in [0.2, 0.25) is 0 Å². The number of hydrogen-bond donors (Lipinski definition) is 0. The summed E-state index contributed by atoms with van der Waals surface area (Å²) in [5.74, 6) is -0.479. The highest BCUT2D eigenvalue weighted by Crippen LogP contribution is 2.36. The molecule has 1 aromatic heterocycles. The predicted octanol–water partition coefficient (Wildman–Crippen LogP) is 3.25. The van der Waals surface area contributed by atoms with Gasteiger partial charge in [-0.15, -0.1) is 0 Å². The molecule has 1 aromatic carbocycles. The fourth-order valence-electron chi connectivity index (χ4n) is 4.68. The number of halogens is 1. The summed E-state index contributed by atoms with van der Waals surface area (Å²) in [5.41, 5.74) is 0.762. The quantitative estimate of drug-likeness (QED) is 0.735. The van der Waals surface area contributed by atoms with E-state index in [0.29, 0.717) is 30.8 Å². The van der Waals surface area contributed by atoms with Crippen molar-refractivity contribution in [3.8, 4) is 0 Å². The SMILES string of the molecule is CN1CCN(C(=O)c2ccc(C3CCCN3C(=O)C(C)(C)c3ccccc3F)nc2)CC1. The lowest BCUT2D eigenvalue weighted by atomic mass is 9.82. The van der Waals surface area contributed by atoms with Crippen molar-refractivity contribution in [3.05, 3.63) is 65.2 Å². The minimum Gasteiger partial charge on any atom is -0.336 e. The largest absolute Gasteiger partial charge is 0.336 e. The van der Waals surface area contributed by atoms with E-state index in [1.54, 1.807) is 38.2 Å². The van der Waals surface area contributed by atoms with Crippen LogP contribution in [0.4, 0.5) is 4.39 Å². The zero-order valence-corrected chi connectivity index (χ0v) is 19.1. The molecule has 0 aliphatic carbocycles. The van der Waals surface area contributed by atoms with Crippen LogP contribution in [0.5, 0.6) is 0 Å². The second-order valence-electron chi connectivity index (χ2n) is 9.33. The molecule has 0 N–H and O–H groups in total. The van der Waals surface area contributed by atoms with E-state index in [0.717, 1.165) is 31.6 Å². The van der Waals surface area contributed by atoms with Crippen molar-refractivity contribution in [3.63, 3.8) is 0 Å². The highest BCUT2D eigenvalue weighted by Gasteiger charge is 2.41. The molecule has 2 saturated heterocycles. The number of likely N-dealkylation sites (tertiary alicyclic amines) is 1. The third-order valence-electron chi connectivity index (χ3n) is 6.76. The zero-order valence-electron chi connectivity index (χ0n) is 19.1.